The van der Waals surface area contributed by atoms with Gasteiger partial charge in [0, 0.05) is 24.6 Å². The third-order valence-corrected chi connectivity index (χ3v) is 5.05. The Kier molecular flexibility index (Phi) is 3.77. The average Bonchev–Trinajstić information content (AvgIpc) is 2.97. The van der Waals surface area contributed by atoms with Crippen LogP contribution >= 0.6 is 0 Å². The van der Waals surface area contributed by atoms with Crippen molar-refractivity contribution in [3.05, 3.63) is 36.2 Å². The molecular formula is C14H17N3O3S. The van der Waals surface area contributed by atoms with Crippen LogP contribution < -0.4 is 0 Å². The van der Waals surface area contributed by atoms with Gasteiger partial charge in [-0.2, -0.15) is 4.98 Å². The van der Waals surface area contributed by atoms with E-state index in [4.69, 9.17) is 4.52 Å². The normalized spacial score (nSPS) is 18.0. The molecule has 1 aromatic carbocycles. The largest absolute Gasteiger partial charge is 0.339 e. The summed E-state index contributed by atoms with van der Waals surface area (Å²) in [7, 11) is -3.10. The Labute approximate surface area is 123 Å². The number of benzene rings is 1. The lowest BCUT2D eigenvalue weighted by atomic mass is 9.98. The van der Waals surface area contributed by atoms with E-state index in [0.717, 1.165) is 5.56 Å². The minimum absolute atomic E-state index is 0.132. The highest BCUT2D eigenvalue weighted by Crippen LogP contribution is 2.29. The first-order valence-electron chi connectivity index (χ1n) is 6.88. The van der Waals surface area contributed by atoms with Crippen LogP contribution in [0.25, 0.3) is 11.4 Å². The molecule has 0 saturated carbocycles. The van der Waals surface area contributed by atoms with E-state index in [9.17, 15) is 8.42 Å². The maximum Gasteiger partial charge on any atom is 0.230 e. The molecule has 0 radical (unpaired) electrons. The molecule has 21 heavy (non-hydrogen) atoms. The summed E-state index contributed by atoms with van der Waals surface area (Å²) in [5, 5.41) is 4.01. The molecule has 112 valence electrons. The molecule has 1 aromatic heterocycles. The lowest BCUT2D eigenvalue weighted by Gasteiger charge is -2.28. The Morgan fingerprint density at radius 1 is 1.19 bits per heavy atom. The summed E-state index contributed by atoms with van der Waals surface area (Å²) in [6, 6.07) is 9.65. The maximum atomic E-state index is 11.5. The van der Waals surface area contributed by atoms with E-state index < -0.39 is 10.0 Å². The monoisotopic (exact) mass is 307 g/mol. The highest BCUT2D eigenvalue weighted by molar-refractivity contribution is 7.88. The number of hydrogen-bond donors (Lipinski definition) is 0. The van der Waals surface area contributed by atoms with Crippen LogP contribution in [-0.4, -0.2) is 42.2 Å². The van der Waals surface area contributed by atoms with Crippen molar-refractivity contribution in [1.29, 1.82) is 0 Å². The third-order valence-electron chi connectivity index (χ3n) is 3.75. The van der Waals surface area contributed by atoms with Crippen LogP contribution in [-0.2, 0) is 10.0 Å². The quantitative estimate of drug-likeness (QED) is 0.865. The Balaban J connectivity index is 1.71. The van der Waals surface area contributed by atoms with Crippen LogP contribution in [0, 0.1) is 0 Å². The average molecular weight is 307 g/mol. The lowest BCUT2D eigenvalue weighted by molar-refractivity contribution is 0.271. The zero-order valence-electron chi connectivity index (χ0n) is 11.8. The van der Waals surface area contributed by atoms with Crippen LogP contribution in [0.1, 0.15) is 24.7 Å². The van der Waals surface area contributed by atoms with Gasteiger partial charge in [0.15, 0.2) is 0 Å². The summed E-state index contributed by atoms with van der Waals surface area (Å²) < 4.78 is 29.8. The van der Waals surface area contributed by atoms with E-state index in [0.29, 0.717) is 37.6 Å². The van der Waals surface area contributed by atoms with Crippen molar-refractivity contribution in [2.24, 2.45) is 0 Å². The van der Waals surface area contributed by atoms with Crippen molar-refractivity contribution in [2.75, 3.05) is 19.3 Å². The zero-order chi connectivity index (χ0) is 14.9. The maximum absolute atomic E-state index is 11.5. The summed E-state index contributed by atoms with van der Waals surface area (Å²) in [4.78, 5) is 4.45. The van der Waals surface area contributed by atoms with E-state index in [1.807, 2.05) is 30.3 Å². The topological polar surface area (TPSA) is 76.3 Å². The third kappa shape index (κ3) is 3.14. The van der Waals surface area contributed by atoms with Gasteiger partial charge in [-0.1, -0.05) is 35.5 Å². The molecule has 0 unspecified atom stereocenters. The molecule has 0 bridgehead atoms. The summed E-state index contributed by atoms with van der Waals surface area (Å²) in [5.41, 5.74) is 0.918. The molecule has 0 aliphatic carbocycles. The molecule has 2 aromatic rings. The second kappa shape index (κ2) is 5.57. The lowest BCUT2D eigenvalue weighted by Crippen LogP contribution is -2.37. The molecule has 0 N–H and O–H groups in total. The molecule has 1 fully saturated rings. The van der Waals surface area contributed by atoms with E-state index in [1.54, 1.807) is 0 Å². The molecule has 1 saturated heterocycles. The Bertz CT molecular complexity index is 704. The molecule has 7 heteroatoms. The Morgan fingerprint density at radius 2 is 1.86 bits per heavy atom. The standard InChI is InChI=1S/C14H17N3O3S/c1-21(18,19)17-9-7-12(8-10-17)14-15-13(16-20-14)11-5-3-2-4-6-11/h2-6,12H,7-10H2,1H3. The van der Waals surface area contributed by atoms with Crippen LogP contribution in [0.15, 0.2) is 34.9 Å². The first-order valence-corrected chi connectivity index (χ1v) is 8.73. The van der Waals surface area contributed by atoms with Gasteiger partial charge in [-0.25, -0.2) is 12.7 Å². The van der Waals surface area contributed by atoms with Gasteiger partial charge in [-0.3, -0.25) is 0 Å². The molecular weight excluding hydrogens is 290 g/mol. The van der Waals surface area contributed by atoms with Gasteiger partial charge >= 0.3 is 0 Å². The predicted molar refractivity (Wildman–Crippen MR) is 78.1 cm³/mol. The van der Waals surface area contributed by atoms with Crippen LogP contribution in [0.4, 0.5) is 0 Å². The fraction of sp³-hybridized carbons (Fsp3) is 0.429. The van der Waals surface area contributed by atoms with E-state index in [-0.39, 0.29) is 5.92 Å². The zero-order valence-corrected chi connectivity index (χ0v) is 12.6. The molecule has 0 spiro atoms. The van der Waals surface area contributed by atoms with Crippen molar-refractivity contribution in [3.63, 3.8) is 0 Å². The smallest absolute Gasteiger partial charge is 0.230 e. The van der Waals surface area contributed by atoms with Gasteiger partial charge in [0.05, 0.1) is 6.26 Å². The fourth-order valence-corrected chi connectivity index (χ4v) is 3.41. The number of sulfonamides is 1. The van der Waals surface area contributed by atoms with Gasteiger partial charge in [0.25, 0.3) is 0 Å². The highest BCUT2D eigenvalue weighted by atomic mass is 32.2. The molecule has 0 atom stereocenters. The van der Waals surface area contributed by atoms with Crippen molar-refractivity contribution < 1.29 is 12.9 Å². The second-order valence-corrected chi connectivity index (χ2v) is 7.24. The summed E-state index contributed by atoms with van der Waals surface area (Å²) in [6.45, 7) is 1.01. The van der Waals surface area contributed by atoms with E-state index >= 15 is 0 Å². The van der Waals surface area contributed by atoms with Gasteiger partial charge in [-0.15, -0.1) is 0 Å². The van der Waals surface area contributed by atoms with Gasteiger partial charge < -0.3 is 4.52 Å². The molecule has 3 rings (SSSR count). The van der Waals surface area contributed by atoms with Gasteiger partial charge in [0.2, 0.25) is 21.7 Å². The van der Waals surface area contributed by atoms with E-state index in [1.165, 1.54) is 10.6 Å². The number of hydrogen-bond acceptors (Lipinski definition) is 5. The molecule has 1 aliphatic rings. The number of nitrogens with zero attached hydrogens (tertiary/aromatic N) is 3. The van der Waals surface area contributed by atoms with E-state index in [2.05, 4.69) is 10.1 Å². The highest BCUT2D eigenvalue weighted by Gasteiger charge is 2.29. The minimum atomic E-state index is -3.10. The summed E-state index contributed by atoms with van der Waals surface area (Å²) in [6.07, 6.45) is 2.67. The first-order chi connectivity index (χ1) is 10.0. The summed E-state index contributed by atoms with van der Waals surface area (Å²) >= 11 is 0. The second-order valence-electron chi connectivity index (χ2n) is 5.26. The molecule has 6 nitrogen and oxygen atoms in total. The number of aromatic nitrogens is 2. The van der Waals surface area contributed by atoms with Crippen LogP contribution in [0.5, 0.6) is 0 Å². The predicted octanol–water partition coefficient (Wildman–Crippen LogP) is 1.88. The van der Waals surface area contributed by atoms with Crippen molar-refractivity contribution in [3.8, 4) is 11.4 Å². The fourth-order valence-electron chi connectivity index (χ4n) is 2.54. The van der Waals surface area contributed by atoms with Crippen molar-refractivity contribution in [1.82, 2.24) is 14.4 Å². The SMILES string of the molecule is CS(=O)(=O)N1CCC(c2nc(-c3ccccc3)no2)CC1. The molecule has 0 amide bonds. The summed E-state index contributed by atoms with van der Waals surface area (Å²) in [5.74, 6) is 1.31. The molecule has 2 heterocycles. The Hall–Kier alpha value is -1.73. The van der Waals surface area contributed by atoms with Crippen molar-refractivity contribution >= 4 is 10.0 Å². The van der Waals surface area contributed by atoms with Gasteiger partial charge in [0.1, 0.15) is 0 Å². The van der Waals surface area contributed by atoms with Crippen molar-refractivity contribution in [2.45, 2.75) is 18.8 Å². The van der Waals surface area contributed by atoms with Crippen LogP contribution in [0.2, 0.25) is 0 Å². The Morgan fingerprint density at radius 3 is 2.48 bits per heavy atom. The minimum Gasteiger partial charge on any atom is -0.339 e. The number of piperidine rings is 1. The molecule has 1 aliphatic heterocycles. The van der Waals surface area contributed by atoms with Gasteiger partial charge in [-0.05, 0) is 12.8 Å². The first kappa shape index (κ1) is 14.2. The number of rotatable bonds is 3. The van der Waals surface area contributed by atoms with Crippen LogP contribution in [0.3, 0.4) is 0 Å².